The first-order chi connectivity index (χ1) is 23.0. The number of carboxylic acid groups (broad SMARTS) is 1. The number of H-pyrrole nitrogens is 1. The fourth-order valence-corrected chi connectivity index (χ4v) is 5.05. The molecule has 270 valence electrons. The second-order valence-electron chi connectivity index (χ2n) is 12.6. The number of primary amides is 1. The van der Waals surface area contributed by atoms with Crippen molar-refractivity contribution >= 4 is 52.3 Å². The fourth-order valence-electron chi connectivity index (χ4n) is 5.05. The van der Waals surface area contributed by atoms with E-state index in [2.05, 4.69) is 31.6 Å². The first-order valence-corrected chi connectivity index (χ1v) is 16.3. The first-order valence-electron chi connectivity index (χ1n) is 16.3. The molecule has 6 atom stereocenters. The number of aliphatic carboxylic acids is 1. The average molecular weight is 687 g/mol. The molecule has 0 bridgehead atoms. The normalized spacial score (nSPS) is 14.8. The van der Waals surface area contributed by atoms with E-state index in [1.807, 2.05) is 45.0 Å². The zero-order chi connectivity index (χ0) is 36.8. The third-order valence-corrected chi connectivity index (χ3v) is 8.07. The van der Waals surface area contributed by atoms with Gasteiger partial charge in [-0.3, -0.25) is 33.6 Å². The summed E-state index contributed by atoms with van der Waals surface area (Å²) in [4.78, 5) is 91.4. The molecule has 0 aliphatic heterocycles. The van der Waals surface area contributed by atoms with Gasteiger partial charge in [0.05, 0.1) is 6.04 Å². The monoisotopic (exact) mass is 686 g/mol. The van der Waals surface area contributed by atoms with Gasteiger partial charge in [-0.2, -0.15) is 0 Å². The molecule has 0 aliphatic carbocycles. The van der Waals surface area contributed by atoms with Crippen molar-refractivity contribution in [1.29, 1.82) is 0 Å². The summed E-state index contributed by atoms with van der Waals surface area (Å²) >= 11 is 0. The summed E-state index contributed by atoms with van der Waals surface area (Å²) in [6.45, 7) is 8.03. The lowest BCUT2D eigenvalue weighted by molar-refractivity contribution is -0.138. The van der Waals surface area contributed by atoms with Crippen LogP contribution in [0.2, 0.25) is 0 Å². The molecule has 0 saturated heterocycles. The van der Waals surface area contributed by atoms with Crippen LogP contribution in [0.3, 0.4) is 0 Å². The second kappa shape index (κ2) is 19.1. The molecule has 2 rings (SSSR count). The van der Waals surface area contributed by atoms with Gasteiger partial charge in [0.1, 0.15) is 30.7 Å². The van der Waals surface area contributed by atoms with E-state index in [4.69, 9.17) is 16.6 Å². The van der Waals surface area contributed by atoms with Crippen molar-refractivity contribution in [2.75, 3.05) is 6.54 Å². The molecule has 6 amide bonds. The summed E-state index contributed by atoms with van der Waals surface area (Å²) in [5.41, 5.74) is 12.7. The van der Waals surface area contributed by atoms with Crippen LogP contribution in [0.25, 0.3) is 10.9 Å². The number of nitrogens with one attached hydrogen (secondary N) is 6. The molecule has 1 aromatic carbocycles. The molecule has 16 heteroatoms. The Morgan fingerprint density at radius 2 is 1.47 bits per heavy atom. The average Bonchev–Trinajstić information content (AvgIpc) is 3.45. The lowest BCUT2D eigenvalue weighted by Gasteiger charge is -2.29. The van der Waals surface area contributed by atoms with Crippen molar-refractivity contribution in [3.63, 3.8) is 0 Å². The highest BCUT2D eigenvalue weighted by Gasteiger charge is 2.33. The topological polar surface area (TPSA) is 268 Å². The number of carbonyl (C=O) groups is 7. The minimum Gasteiger partial charge on any atom is -0.480 e. The van der Waals surface area contributed by atoms with Crippen molar-refractivity contribution in [3.8, 4) is 0 Å². The summed E-state index contributed by atoms with van der Waals surface area (Å²) in [6.07, 6.45) is 2.28. The molecule has 16 nitrogen and oxygen atoms in total. The molecule has 0 saturated carbocycles. The van der Waals surface area contributed by atoms with Crippen molar-refractivity contribution in [1.82, 2.24) is 31.6 Å². The second-order valence-corrected chi connectivity index (χ2v) is 12.6. The molecular formula is C33H50N8O8. The maximum Gasteiger partial charge on any atom is 0.322 e. The summed E-state index contributed by atoms with van der Waals surface area (Å²) in [6, 6.07) is 1.82. The highest BCUT2D eigenvalue weighted by Crippen LogP contribution is 2.20. The number of benzene rings is 1. The molecular weight excluding hydrogens is 636 g/mol. The van der Waals surface area contributed by atoms with E-state index in [1.54, 1.807) is 13.1 Å². The van der Waals surface area contributed by atoms with Gasteiger partial charge in [-0.05, 0) is 43.2 Å². The highest BCUT2D eigenvalue weighted by atomic mass is 16.4. The fraction of sp³-hybridized carbons (Fsp3) is 0.545. The third kappa shape index (κ3) is 12.9. The van der Waals surface area contributed by atoms with Crippen LogP contribution >= 0.6 is 0 Å². The van der Waals surface area contributed by atoms with E-state index in [0.717, 1.165) is 16.5 Å². The smallest absolute Gasteiger partial charge is 0.322 e. The summed E-state index contributed by atoms with van der Waals surface area (Å²) in [7, 11) is 0. The quantitative estimate of drug-likeness (QED) is 0.0872. The summed E-state index contributed by atoms with van der Waals surface area (Å²) in [5.74, 6) is -5.71. The van der Waals surface area contributed by atoms with Gasteiger partial charge in [0.2, 0.25) is 35.4 Å². The van der Waals surface area contributed by atoms with E-state index >= 15 is 0 Å². The Bertz CT molecular complexity index is 1490. The van der Waals surface area contributed by atoms with Crippen LogP contribution in [0, 0.1) is 11.8 Å². The maximum atomic E-state index is 13.9. The van der Waals surface area contributed by atoms with Gasteiger partial charge in [0, 0.05) is 29.9 Å². The van der Waals surface area contributed by atoms with Crippen LogP contribution in [0.1, 0.15) is 65.9 Å². The van der Waals surface area contributed by atoms with Gasteiger partial charge in [0.15, 0.2) is 0 Å². The molecule has 0 spiro atoms. The Balaban J connectivity index is 2.31. The lowest BCUT2D eigenvalue weighted by atomic mass is 9.96. The molecule has 49 heavy (non-hydrogen) atoms. The number of aromatic amines is 1. The predicted octanol–water partition coefficient (Wildman–Crippen LogP) is -0.445. The van der Waals surface area contributed by atoms with E-state index in [0.29, 0.717) is 6.42 Å². The number of rotatable bonds is 20. The van der Waals surface area contributed by atoms with Gasteiger partial charge in [0.25, 0.3) is 0 Å². The first kappa shape index (κ1) is 40.2. The molecule has 0 aliphatic rings. The minimum atomic E-state index is -1.25. The number of carbonyl (C=O) groups excluding carboxylic acids is 6. The number of aromatic nitrogens is 1. The Kier molecular flexibility index (Phi) is 15.7. The molecule has 0 unspecified atom stereocenters. The van der Waals surface area contributed by atoms with E-state index in [1.165, 1.54) is 6.92 Å². The standard InChI is InChI=1S/C33H50N8O8/c1-6-18(4)28(33(49)38-19(5)29(45)37-16-27(43)44)41-32(48)24(13-17(2)3)40-31(47)25(39-30(46)22(34)11-12-26(35)42)14-20-15-36-23-10-8-7-9-21(20)23/h7-10,15,17-19,22,24-25,28,36H,6,11-14,16,34H2,1-5H3,(H2,35,42)(H,37,45)(H,38,49)(H,39,46)(H,40,47)(H,41,48)(H,43,44)/t18-,19-,22-,24-,25-,28-/m0/s1. The zero-order valence-electron chi connectivity index (χ0n) is 28.6. The predicted molar refractivity (Wildman–Crippen MR) is 181 cm³/mol. The SMILES string of the molecule is CC[C@H](C)[C@H](NC(=O)[C@H](CC(C)C)NC(=O)[C@H](Cc1c[nH]c2ccccc12)NC(=O)[C@@H](N)CCC(N)=O)C(=O)N[C@@H](C)C(=O)NCC(=O)O. The van der Waals surface area contributed by atoms with Crippen molar-refractivity contribution < 1.29 is 38.7 Å². The number of amides is 6. The molecule has 1 heterocycles. The molecule has 11 N–H and O–H groups in total. The van der Waals surface area contributed by atoms with Crippen LogP contribution in [0.4, 0.5) is 0 Å². The number of carboxylic acids is 1. The van der Waals surface area contributed by atoms with Crippen molar-refractivity contribution in [2.45, 2.75) is 96.9 Å². The number of fused-ring (bicyclic) bond motifs is 1. The highest BCUT2D eigenvalue weighted by molar-refractivity contribution is 5.96. The molecule has 2 aromatic rings. The number of hydrogen-bond acceptors (Lipinski definition) is 8. The van der Waals surface area contributed by atoms with Gasteiger partial charge < -0.3 is 48.1 Å². The Labute approximate surface area is 285 Å². The largest absolute Gasteiger partial charge is 0.480 e. The summed E-state index contributed by atoms with van der Waals surface area (Å²) < 4.78 is 0. The third-order valence-electron chi connectivity index (χ3n) is 8.07. The number of nitrogens with two attached hydrogens (primary N) is 2. The minimum absolute atomic E-state index is 0.0279. The van der Waals surface area contributed by atoms with Gasteiger partial charge in [-0.15, -0.1) is 0 Å². The summed E-state index contributed by atoms with van der Waals surface area (Å²) in [5, 5.41) is 22.5. The Hall–Kier alpha value is -4.99. The van der Waals surface area contributed by atoms with Crippen LogP contribution in [-0.4, -0.2) is 88.3 Å². The Morgan fingerprint density at radius 1 is 0.837 bits per heavy atom. The number of para-hydroxylation sites is 1. The van der Waals surface area contributed by atoms with Crippen LogP contribution in [0.15, 0.2) is 30.5 Å². The maximum absolute atomic E-state index is 13.9. The van der Waals surface area contributed by atoms with Gasteiger partial charge in [-0.25, -0.2) is 0 Å². The Morgan fingerprint density at radius 3 is 2.08 bits per heavy atom. The van der Waals surface area contributed by atoms with Crippen LogP contribution in [-0.2, 0) is 40.0 Å². The number of hydrogen-bond donors (Lipinski definition) is 9. The van der Waals surface area contributed by atoms with Crippen LogP contribution < -0.4 is 38.1 Å². The van der Waals surface area contributed by atoms with Crippen LogP contribution in [0.5, 0.6) is 0 Å². The van der Waals surface area contributed by atoms with Gasteiger partial charge >= 0.3 is 5.97 Å². The van der Waals surface area contributed by atoms with E-state index in [9.17, 15) is 33.6 Å². The van der Waals surface area contributed by atoms with Crippen molar-refractivity contribution in [2.24, 2.45) is 23.3 Å². The van der Waals surface area contributed by atoms with Crippen molar-refractivity contribution in [3.05, 3.63) is 36.0 Å². The van der Waals surface area contributed by atoms with Gasteiger partial charge in [-0.1, -0.05) is 52.3 Å². The lowest BCUT2D eigenvalue weighted by Crippen LogP contribution is -2.60. The van der Waals surface area contributed by atoms with E-state index < -0.39 is 78.2 Å². The molecule has 1 aromatic heterocycles. The molecule has 0 radical (unpaired) electrons. The zero-order valence-corrected chi connectivity index (χ0v) is 28.6. The van der Waals surface area contributed by atoms with E-state index in [-0.39, 0.29) is 37.5 Å². The molecule has 0 fully saturated rings.